The van der Waals surface area contributed by atoms with Crippen molar-refractivity contribution in [2.45, 2.75) is 13.3 Å². The van der Waals surface area contributed by atoms with Crippen molar-refractivity contribution in [3.05, 3.63) is 145 Å². The number of benzene rings is 5. The van der Waals surface area contributed by atoms with Crippen LogP contribution in [0.15, 0.2) is 128 Å². The predicted molar refractivity (Wildman–Crippen MR) is 165 cm³/mol. The molecular formula is C37H29N4+. The summed E-state index contributed by atoms with van der Waals surface area (Å²) >= 11 is 0. The largest absolute Gasteiger partial charge is 0.303 e. The van der Waals surface area contributed by atoms with Crippen LogP contribution in [0.25, 0.3) is 56.0 Å². The number of fused-ring (bicyclic) bond motifs is 4. The van der Waals surface area contributed by atoms with E-state index in [-0.39, 0.29) is 0 Å². The Bertz CT molecular complexity index is 2020. The molecule has 0 aliphatic carbocycles. The Kier molecular flexibility index (Phi) is 5.29. The van der Waals surface area contributed by atoms with Gasteiger partial charge in [0.05, 0.1) is 18.3 Å². The van der Waals surface area contributed by atoms with Crippen molar-refractivity contribution in [1.29, 1.82) is 0 Å². The van der Waals surface area contributed by atoms with Gasteiger partial charge in [-0.3, -0.25) is 0 Å². The van der Waals surface area contributed by atoms with Crippen LogP contribution >= 0.6 is 0 Å². The molecule has 196 valence electrons. The highest BCUT2D eigenvalue weighted by molar-refractivity contribution is 5.91. The van der Waals surface area contributed by atoms with E-state index in [1.165, 1.54) is 67.2 Å². The number of hydrogen-bond acceptors (Lipinski definition) is 1. The molecule has 0 amide bonds. The first-order valence-electron chi connectivity index (χ1n) is 14.1. The van der Waals surface area contributed by atoms with E-state index in [4.69, 9.17) is 0 Å². The molecule has 0 radical (unpaired) electrons. The Hall–Kier alpha value is -5.22. The highest BCUT2D eigenvalue weighted by Gasteiger charge is 2.34. The molecule has 5 aromatic carbocycles. The van der Waals surface area contributed by atoms with Crippen LogP contribution in [0, 0.1) is 6.92 Å². The topological polar surface area (TPSA) is 26.6 Å². The molecule has 0 atom stereocenters. The maximum absolute atomic E-state index is 4.68. The smallest absolute Gasteiger partial charge is 0.295 e. The number of hydrogen-bond donors (Lipinski definition) is 0. The number of nitrogens with zero attached hydrogens (tertiary/aromatic N) is 4. The molecule has 8 rings (SSSR count). The average molecular weight is 530 g/mol. The summed E-state index contributed by atoms with van der Waals surface area (Å²) in [5, 5.41) is 0. The minimum atomic E-state index is 0.812. The van der Waals surface area contributed by atoms with Crippen molar-refractivity contribution in [3.63, 3.8) is 0 Å². The third kappa shape index (κ3) is 3.54. The van der Waals surface area contributed by atoms with Gasteiger partial charge in [0.2, 0.25) is 0 Å². The Labute approximate surface area is 239 Å². The van der Waals surface area contributed by atoms with Crippen LogP contribution in [-0.2, 0) is 13.5 Å². The predicted octanol–water partition coefficient (Wildman–Crippen LogP) is 7.85. The van der Waals surface area contributed by atoms with E-state index in [1.54, 1.807) is 0 Å². The molecule has 0 unspecified atom stereocenters. The molecule has 41 heavy (non-hydrogen) atoms. The first kappa shape index (κ1) is 23.6. The lowest BCUT2D eigenvalue weighted by molar-refractivity contribution is -0.633. The number of para-hydroxylation sites is 3. The van der Waals surface area contributed by atoms with Gasteiger partial charge in [0, 0.05) is 29.9 Å². The molecule has 0 fully saturated rings. The number of imidazole rings is 2. The third-order valence-corrected chi connectivity index (χ3v) is 8.47. The fourth-order valence-electron chi connectivity index (χ4n) is 6.62. The van der Waals surface area contributed by atoms with E-state index in [9.17, 15) is 0 Å². The monoisotopic (exact) mass is 529 g/mol. The van der Waals surface area contributed by atoms with Crippen LogP contribution in [0.1, 0.15) is 17.0 Å². The molecule has 1 aliphatic heterocycles. The van der Waals surface area contributed by atoms with Crippen molar-refractivity contribution in [3.8, 4) is 45.0 Å². The number of aryl methyl sites for hydroxylation is 2. The lowest BCUT2D eigenvalue weighted by atomic mass is 9.94. The first-order valence-corrected chi connectivity index (χ1v) is 14.1. The Morgan fingerprint density at radius 2 is 1.37 bits per heavy atom. The summed E-state index contributed by atoms with van der Waals surface area (Å²) in [7, 11) is 2.20. The fourth-order valence-corrected chi connectivity index (χ4v) is 6.62. The van der Waals surface area contributed by atoms with Gasteiger partial charge in [-0.2, -0.15) is 4.57 Å². The van der Waals surface area contributed by atoms with Crippen LogP contribution in [0.5, 0.6) is 0 Å². The van der Waals surface area contributed by atoms with E-state index in [0.717, 1.165) is 12.2 Å². The second kappa shape index (κ2) is 9.17. The van der Waals surface area contributed by atoms with Crippen molar-refractivity contribution in [1.82, 2.24) is 14.1 Å². The number of aromatic nitrogens is 4. The van der Waals surface area contributed by atoms with Crippen molar-refractivity contribution < 1.29 is 4.57 Å². The molecule has 4 nitrogen and oxygen atoms in total. The lowest BCUT2D eigenvalue weighted by Gasteiger charge is -2.17. The standard InChI is InChI=1S/C37H29N4/c1-25-20-21-31-30(24-34-38-22-23-40(31)34)35(25)37-39(2)32-18-9-10-19-33(32)41(37)36-28(26-12-5-3-6-13-26)16-11-17-29(36)27-14-7-4-8-15-27/h3-23H,24H2,1-2H3/q+1. The van der Waals surface area contributed by atoms with Gasteiger partial charge in [-0.05, 0) is 47.4 Å². The Morgan fingerprint density at radius 1 is 0.707 bits per heavy atom. The normalized spacial score (nSPS) is 12.0. The maximum atomic E-state index is 4.68. The summed E-state index contributed by atoms with van der Waals surface area (Å²) in [6.07, 6.45) is 4.79. The maximum Gasteiger partial charge on any atom is 0.295 e. The van der Waals surface area contributed by atoms with Crippen LogP contribution in [0.3, 0.4) is 0 Å². The molecule has 1 aliphatic rings. The summed E-state index contributed by atoms with van der Waals surface area (Å²) < 4.78 is 7.11. The van der Waals surface area contributed by atoms with Gasteiger partial charge in [0.15, 0.2) is 11.0 Å². The minimum Gasteiger partial charge on any atom is -0.303 e. The van der Waals surface area contributed by atoms with E-state index in [1.807, 2.05) is 6.20 Å². The average Bonchev–Trinajstić information content (AvgIpc) is 3.70. The molecule has 0 saturated heterocycles. The molecule has 0 saturated carbocycles. The highest BCUT2D eigenvalue weighted by atomic mass is 15.2. The second-order valence-electron chi connectivity index (χ2n) is 10.8. The molecule has 0 spiro atoms. The third-order valence-electron chi connectivity index (χ3n) is 8.47. The van der Waals surface area contributed by atoms with Gasteiger partial charge in [0.25, 0.3) is 5.82 Å². The molecule has 4 heteroatoms. The van der Waals surface area contributed by atoms with Crippen LogP contribution in [-0.4, -0.2) is 14.1 Å². The van der Waals surface area contributed by atoms with E-state index in [2.05, 4.69) is 154 Å². The fraction of sp³-hybridized carbons (Fsp3) is 0.0811. The van der Waals surface area contributed by atoms with E-state index in [0.29, 0.717) is 0 Å². The summed E-state index contributed by atoms with van der Waals surface area (Å²) in [5.41, 5.74) is 13.4. The van der Waals surface area contributed by atoms with Gasteiger partial charge in [0.1, 0.15) is 11.5 Å². The highest BCUT2D eigenvalue weighted by Crippen LogP contribution is 2.43. The molecule has 0 N–H and O–H groups in total. The van der Waals surface area contributed by atoms with E-state index >= 15 is 0 Å². The quantitative estimate of drug-likeness (QED) is 0.213. The molecule has 2 aromatic heterocycles. The van der Waals surface area contributed by atoms with Gasteiger partial charge in [-0.25, -0.2) is 9.55 Å². The van der Waals surface area contributed by atoms with Gasteiger partial charge in [-0.15, -0.1) is 0 Å². The molecule has 3 heterocycles. The van der Waals surface area contributed by atoms with Gasteiger partial charge in [-0.1, -0.05) is 97.1 Å². The zero-order chi connectivity index (χ0) is 27.5. The Morgan fingerprint density at radius 3 is 2.07 bits per heavy atom. The van der Waals surface area contributed by atoms with Crippen LogP contribution in [0.2, 0.25) is 0 Å². The van der Waals surface area contributed by atoms with Crippen LogP contribution < -0.4 is 4.57 Å². The first-order chi connectivity index (χ1) is 20.2. The van der Waals surface area contributed by atoms with Crippen molar-refractivity contribution >= 4 is 11.0 Å². The molecular weight excluding hydrogens is 500 g/mol. The van der Waals surface area contributed by atoms with Crippen LogP contribution in [0.4, 0.5) is 0 Å². The minimum absolute atomic E-state index is 0.812. The molecule has 0 bridgehead atoms. The summed E-state index contributed by atoms with van der Waals surface area (Å²) in [4.78, 5) is 4.68. The zero-order valence-electron chi connectivity index (χ0n) is 23.1. The zero-order valence-corrected chi connectivity index (χ0v) is 23.1. The van der Waals surface area contributed by atoms with Crippen molar-refractivity contribution in [2.75, 3.05) is 0 Å². The number of rotatable bonds is 4. The lowest BCUT2D eigenvalue weighted by Crippen LogP contribution is -2.31. The summed E-state index contributed by atoms with van der Waals surface area (Å²) in [6.45, 7) is 2.24. The SMILES string of the molecule is Cc1ccc2c(c1-c1n(-c3c(-c4ccccc4)cccc3-c3ccccc3)c3ccccc3[n+]1C)Cc1nccn1-2. The summed E-state index contributed by atoms with van der Waals surface area (Å²) in [5.74, 6) is 2.26. The Balaban J connectivity index is 1.54. The van der Waals surface area contributed by atoms with Gasteiger partial charge >= 0.3 is 0 Å². The van der Waals surface area contributed by atoms with E-state index < -0.39 is 0 Å². The summed E-state index contributed by atoms with van der Waals surface area (Å²) in [6, 6.07) is 41.5. The van der Waals surface area contributed by atoms with Crippen molar-refractivity contribution in [2.24, 2.45) is 7.05 Å². The molecule has 7 aromatic rings. The second-order valence-corrected chi connectivity index (χ2v) is 10.8. The van der Waals surface area contributed by atoms with Gasteiger partial charge < -0.3 is 4.57 Å².